The highest BCUT2D eigenvalue weighted by Gasteiger charge is 2.70. The minimum Gasteiger partial charge on any atom is -0.381 e. The van der Waals surface area contributed by atoms with Crippen LogP contribution in [0.4, 0.5) is 4.79 Å². The molecule has 5 fully saturated rings. The number of fused-ring (bicyclic) bond motifs is 1. The first-order valence-corrected chi connectivity index (χ1v) is 21.2. The SMILES string of the molecule is CCCCC(NC(=O)[C@@H]1[C@@H]2[C@H](CN1C(=O)[C@@H](NC(=O)NC1(CS(=O)(=O)C3(C)CCOCC3)CCCCC1)C(C)(C)C)C2(C)C)C(=O)C(=O)NC1CC1. The molecule has 2 aliphatic heterocycles. The van der Waals surface area contributed by atoms with Gasteiger partial charge in [-0.1, -0.05) is 73.6 Å². The topological polar surface area (TPSA) is 180 Å². The fourth-order valence-electron chi connectivity index (χ4n) is 8.80. The van der Waals surface area contributed by atoms with Gasteiger partial charge in [-0.25, -0.2) is 13.2 Å². The van der Waals surface area contributed by atoms with Gasteiger partial charge in [-0.2, -0.15) is 0 Å². The lowest BCUT2D eigenvalue weighted by Gasteiger charge is -2.42. The Balaban J connectivity index is 1.33. The summed E-state index contributed by atoms with van der Waals surface area (Å²) in [7, 11) is -3.62. The molecule has 3 aliphatic carbocycles. The van der Waals surface area contributed by atoms with Crippen molar-refractivity contribution in [2.45, 2.75) is 160 Å². The molecule has 0 spiro atoms. The largest absolute Gasteiger partial charge is 0.381 e. The Hall–Kier alpha value is -2.74. The summed E-state index contributed by atoms with van der Waals surface area (Å²) in [6.07, 6.45) is 7.75. The van der Waals surface area contributed by atoms with E-state index in [2.05, 4.69) is 35.1 Å². The summed E-state index contributed by atoms with van der Waals surface area (Å²) in [6, 6.07) is -3.52. The fourth-order valence-corrected chi connectivity index (χ4v) is 11.0. The van der Waals surface area contributed by atoms with Crippen molar-refractivity contribution in [2.75, 3.05) is 25.5 Å². The Kier molecular flexibility index (Phi) is 11.8. The molecule has 0 aromatic heterocycles. The molecule has 5 atom stereocenters. The zero-order chi connectivity index (χ0) is 38.3. The molecule has 0 bridgehead atoms. The van der Waals surface area contributed by atoms with Gasteiger partial charge in [0.15, 0.2) is 9.84 Å². The van der Waals surface area contributed by atoms with Crippen molar-refractivity contribution < 1.29 is 37.1 Å². The predicted molar refractivity (Wildman–Crippen MR) is 197 cm³/mol. The third-order valence-corrected chi connectivity index (χ3v) is 15.6. The highest BCUT2D eigenvalue weighted by atomic mass is 32.2. The number of Topliss-reactive ketones (excluding diaryl/α,β-unsaturated/α-hetero) is 1. The monoisotopic (exact) mass is 749 g/mol. The van der Waals surface area contributed by atoms with Crippen molar-refractivity contribution in [1.82, 2.24) is 26.2 Å². The molecule has 13 nitrogen and oxygen atoms in total. The number of nitrogens with one attached hydrogen (secondary N) is 4. The van der Waals surface area contributed by atoms with Gasteiger partial charge < -0.3 is 30.9 Å². The van der Waals surface area contributed by atoms with Crippen molar-refractivity contribution in [3.8, 4) is 0 Å². The number of amides is 5. The molecule has 5 amide bonds. The first kappa shape index (κ1) is 40.4. The van der Waals surface area contributed by atoms with E-state index in [1.807, 2.05) is 27.7 Å². The van der Waals surface area contributed by atoms with E-state index >= 15 is 0 Å². The first-order valence-electron chi connectivity index (χ1n) is 19.6. The standard InChI is InChI=1S/C38H63N5O8S/c1-8-9-13-26(29(44)32(46)39-24-14-15-24)40-31(45)28-27-25(36(27,5)6)22-43(28)33(47)30(35(2,3)4)41-34(48)42-38(16-11-10-12-17-38)23-52(49,50)37(7)18-20-51-21-19-37/h24-28,30H,8-23H2,1-7H3,(H,39,46)(H,40,45)(H2,41,42,48)/t25-,26?,27-,28-,30+/m0/s1. The normalized spacial score (nSPS) is 27.4. The Morgan fingerprint density at radius 3 is 2.13 bits per heavy atom. The number of carbonyl (C=O) groups excluding carboxylic acids is 5. The molecule has 5 aliphatic rings. The molecular weight excluding hydrogens is 687 g/mol. The maximum Gasteiger partial charge on any atom is 0.315 e. The van der Waals surface area contributed by atoms with Crippen LogP contribution in [0.15, 0.2) is 0 Å². The lowest BCUT2D eigenvalue weighted by Crippen LogP contribution is -2.64. The van der Waals surface area contributed by atoms with Gasteiger partial charge >= 0.3 is 6.03 Å². The molecule has 52 heavy (non-hydrogen) atoms. The van der Waals surface area contributed by atoms with E-state index in [1.165, 1.54) is 0 Å². The molecule has 0 radical (unpaired) electrons. The van der Waals surface area contributed by atoms with E-state index in [1.54, 1.807) is 11.8 Å². The number of sulfone groups is 1. The average Bonchev–Trinajstić information content (AvgIpc) is 3.92. The summed E-state index contributed by atoms with van der Waals surface area (Å²) in [4.78, 5) is 70.2. The maximum absolute atomic E-state index is 14.6. The Morgan fingerprint density at radius 1 is 0.923 bits per heavy atom. The van der Waals surface area contributed by atoms with E-state index < -0.39 is 73.2 Å². The van der Waals surface area contributed by atoms with E-state index in [4.69, 9.17) is 4.74 Å². The third kappa shape index (κ3) is 8.63. The van der Waals surface area contributed by atoms with E-state index in [0.29, 0.717) is 58.3 Å². The smallest absolute Gasteiger partial charge is 0.315 e. The summed E-state index contributed by atoms with van der Waals surface area (Å²) in [5, 5.41) is 11.6. The lowest BCUT2D eigenvalue weighted by atomic mass is 9.83. The van der Waals surface area contributed by atoms with Crippen molar-refractivity contribution in [2.24, 2.45) is 22.7 Å². The minimum atomic E-state index is -3.62. The zero-order valence-corrected chi connectivity index (χ0v) is 33.2. The third-order valence-electron chi connectivity index (χ3n) is 12.7. The van der Waals surface area contributed by atoms with Crippen molar-refractivity contribution in [3.05, 3.63) is 0 Å². The van der Waals surface area contributed by atoms with Gasteiger partial charge in [-0.05, 0) is 74.5 Å². The minimum absolute atomic E-state index is 0.00152. The average molecular weight is 750 g/mol. The fraction of sp³-hybridized carbons (Fsp3) is 0.868. The van der Waals surface area contributed by atoms with Crippen LogP contribution in [-0.4, -0.2) is 103 Å². The number of piperidine rings is 1. The number of likely N-dealkylation sites (tertiary alicyclic amines) is 1. The van der Waals surface area contributed by atoms with Gasteiger partial charge in [0.2, 0.25) is 17.6 Å². The number of ketones is 1. The van der Waals surface area contributed by atoms with Crippen LogP contribution in [0.1, 0.15) is 126 Å². The van der Waals surface area contributed by atoms with Crippen LogP contribution in [0.2, 0.25) is 0 Å². The Bertz CT molecular complexity index is 1490. The number of urea groups is 1. The highest BCUT2D eigenvalue weighted by molar-refractivity contribution is 7.92. The molecule has 3 saturated carbocycles. The van der Waals surface area contributed by atoms with Gasteiger partial charge in [0.05, 0.1) is 22.1 Å². The van der Waals surface area contributed by atoms with Gasteiger partial charge in [-0.15, -0.1) is 0 Å². The van der Waals surface area contributed by atoms with Crippen LogP contribution in [0.5, 0.6) is 0 Å². The van der Waals surface area contributed by atoms with Gasteiger partial charge in [0.1, 0.15) is 12.1 Å². The van der Waals surface area contributed by atoms with Gasteiger partial charge in [0.25, 0.3) is 5.91 Å². The van der Waals surface area contributed by atoms with Crippen molar-refractivity contribution >= 4 is 39.4 Å². The number of unbranched alkanes of at least 4 members (excludes halogenated alkanes) is 1. The van der Waals surface area contributed by atoms with E-state index in [0.717, 1.165) is 38.5 Å². The van der Waals surface area contributed by atoms with Gasteiger partial charge in [-0.3, -0.25) is 19.2 Å². The second-order valence-corrected chi connectivity index (χ2v) is 20.8. The Morgan fingerprint density at radius 2 is 1.56 bits per heavy atom. The predicted octanol–water partition coefficient (Wildman–Crippen LogP) is 3.39. The van der Waals surface area contributed by atoms with Gasteiger partial charge in [0, 0.05) is 25.8 Å². The molecule has 2 saturated heterocycles. The summed E-state index contributed by atoms with van der Waals surface area (Å²) < 4.78 is 32.3. The van der Waals surface area contributed by atoms with Crippen molar-refractivity contribution in [3.63, 3.8) is 0 Å². The number of hydrogen-bond donors (Lipinski definition) is 4. The maximum atomic E-state index is 14.6. The number of ether oxygens (including phenoxy) is 1. The summed E-state index contributed by atoms with van der Waals surface area (Å²) in [6.45, 7) is 14.5. The second-order valence-electron chi connectivity index (χ2n) is 18.3. The number of hydrogen-bond acceptors (Lipinski definition) is 8. The number of nitrogens with zero attached hydrogens (tertiary/aromatic N) is 1. The molecule has 5 rings (SSSR count). The van der Waals surface area contributed by atoms with Crippen LogP contribution >= 0.6 is 0 Å². The summed E-state index contributed by atoms with van der Waals surface area (Å²) in [5.41, 5.74) is -1.94. The summed E-state index contributed by atoms with van der Waals surface area (Å²) >= 11 is 0. The number of rotatable bonds is 14. The second kappa shape index (κ2) is 15.2. The van der Waals surface area contributed by atoms with Crippen molar-refractivity contribution in [1.29, 1.82) is 0 Å². The highest BCUT2D eigenvalue weighted by Crippen LogP contribution is 2.65. The molecule has 294 valence electrons. The molecule has 1 unspecified atom stereocenters. The van der Waals surface area contributed by atoms with E-state index in [-0.39, 0.29) is 29.0 Å². The van der Waals surface area contributed by atoms with Crippen LogP contribution < -0.4 is 21.3 Å². The van der Waals surface area contributed by atoms with Crippen LogP contribution in [0.3, 0.4) is 0 Å². The molecule has 14 heteroatoms. The Labute approximate surface area is 310 Å². The number of carbonyl (C=O) groups is 5. The van der Waals surface area contributed by atoms with Crippen LogP contribution in [0, 0.1) is 22.7 Å². The molecule has 0 aromatic rings. The molecule has 2 heterocycles. The van der Waals surface area contributed by atoms with Crippen LogP contribution in [0.25, 0.3) is 0 Å². The zero-order valence-electron chi connectivity index (χ0n) is 32.4. The molecular formula is C38H63N5O8S. The lowest BCUT2D eigenvalue weighted by molar-refractivity contribution is -0.145. The quantitative estimate of drug-likeness (QED) is 0.195. The van der Waals surface area contributed by atoms with E-state index in [9.17, 15) is 32.4 Å². The molecule has 4 N–H and O–H groups in total. The molecule has 0 aromatic carbocycles. The first-order chi connectivity index (χ1) is 24.3. The van der Waals surface area contributed by atoms with Crippen LogP contribution in [-0.2, 0) is 33.8 Å². The summed E-state index contributed by atoms with van der Waals surface area (Å²) in [5.74, 6) is -2.50.